The van der Waals surface area contributed by atoms with Crippen molar-refractivity contribution in [1.82, 2.24) is 15.1 Å². The molecule has 0 saturated carbocycles. The molecule has 0 bridgehead atoms. The summed E-state index contributed by atoms with van der Waals surface area (Å²) in [6.45, 7) is 0.687. The van der Waals surface area contributed by atoms with Crippen molar-refractivity contribution in [1.29, 1.82) is 0 Å². The number of aromatic nitrogens is 2. The summed E-state index contributed by atoms with van der Waals surface area (Å²) in [5, 5.41) is 7.56. The number of nitrogens with zero attached hydrogens (tertiary/aromatic N) is 2. The molecule has 106 valence electrons. The van der Waals surface area contributed by atoms with E-state index in [2.05, 4.69) is 10.4 Å². The number of hydrogen-bond donors (Lipinski definition) is 1. The second-order valence-corrected chi connectivity index (χ2v) is 7.18. The zero-order chi connectivity index (χ0) is 14.2. The Kier molecular flexibility index (Phi) is 3.35. The van der Waals surface area contributed by atoms with E-state index in [4.69, 9.17) is 0 Å². The minimum absolute atomic E-state index is 0.0786. The average Bonchev–Trinajstić information content (AvgIpc) is 2.84. The Bertz CT molecular complexity index is 722. The minimum Gasteiger partial charge on any atom is -0.306 e. The van der Waals surface area contributed by atoms with Gasteiger partial charge < -0.3 is 5.32 Å². The molecule has 0 spiro atoms. The fourth-order valence-corrected chi connectivity index (χ4v) is 4.23. The van der Waals surface area contributed by atoms with Gasteiger partial charge in [-0.2, -0.15) is 5.10 Å². The molecule has 0 aliphatic carbocycles. The second-order valence-electron chi connectivity index (χ2n) is 5.10. The third-order valence-corrected chi connectivity index (χ3v) is 5.43. The lowest BCUT2D eigenvalue weighted by atomic mass is 10.0. The van der Waals surface area contributed by atoms with Crippen LogP contribution in [0.1, 0.15) is 23.6 Å². The third-order valence-electron chi connectivity index (χ3n) is 3.62. The monoisotopic (exact) mass is 291 g/mol. The molecule has 2 aromatic rings. The predicted octanol–water partition coefficient (Wildman–Crippen LogP) is 1.43. The van der Waals surface area contributed by atoms with Crippen molar-refractivity contribution < 1.29 is 8.42 Å². The molecule has 0 saturated heterocycles. The van der Waals surface area contributed by atoms with Crippen LogP contribution in [0, 0.1) is 0 Å². The number of fused-ring (bicyclic) bond motifs is 1. The maximum absolute atomic E-state index is 12.1. The Hall–Kier alpha value is -1.66. The van der Waals surface area contributed by atoms with Crippen LogP contribution in [0.25, 0.3) is 0 Å². The summed E-state index contributed by atoms with van der Waals surface area (Å²) in [4.78, 5) is 0.468. The molecule has 1 unspecified atom stereocenters. The fraction of sp³-hybridized carbons (Fsp3) is 0.357. The SMILES string of the molecule is Cn1cc(CNC2CCS(=O)(=O)c3ccccc32)cn1. The Morgan fingerprint density at radius 3 is 2.95 bits per heavy atom. The quantitative estimate of drug-likeness (QED) is 0.929. The summed E-state index contributed by atoms with van der Waals surface area (Å²) in [6, 6.07) is 7.34. The maximum atomic E-state index is 12.1. The van der Waals surface area contributed by atoms with E-state index in [-0.39, 0.29) is 11.8 Å². The van der Waals surface area contributed by atoms with Crippen molar-refractivity contribution in [2.24, 2.45) is 7.05 Å². The summed E-state index contributed by atoms with van der Waals surface area (Å²) in [6.07, 6.45) is 4.39. The van der Waals surface area contributed by atoms with Gasteiger partial charge in [0.2, 0.25) is 0 Å². The topological polar surface area (TPSA) is 64.0 Å². The first kappa shape index (κ1) is 13.3. The lowest BCUT2D eigenvalue weighted by molar-refractivity contribution is 0.491. The van der Waals surface area contributed by atoms with Crippen LogP contribution >= 0.6 is 0 Å². The van der Waals surface area contributed by atoms with Crippen LogP contribution < -0.4 is 5.32 Å². The van der Waals surface area contributed by atoms with Crippen molar-refractivity contribution in [3.05, 3.63) is 47.8 Å². The van der Waals surface area contributed by atoms with E-state index < -0.39 is 9.84 Å². The second kappa shape index (κ2) is 5.03. The Morgan fingerprint density at radius 1 is 1.40 bits per heavy atom. The van der Waals surface area contributed by atoms with E-state index in [0.29, 0.717) is 17.9 Å². The van der Waals surface area contributed by atoms with Crippen molar-refractivity contribution in [3.8, 4) is 0 Å². The highest BCUT2D eigenvalue weighted by molar-refractivity contribution is 7.91. The molecular weight excluding hydrogens is 274 g/mol. The molecule has 1 atom stereocenters. The molecule has 1 aromatic heterocycles. The minimum atomic E-state index is -3.11. The molecule has 1 aliphatic rings. The molecule has 2 heterocycles. The van der Waals surface area contributed by atoms with Gasteiger partial charge in [0.1, 0.15) is 0 Å². The van der Waals surface area contributed by atoms with Gasteiger partial charge >= 0.3 is 0 Å². The molecule has 1 N–H and O–H groups in total. The highest BCUT2D eigenvalue weighted by atomic mass is 32.2. The number of sulfone groups is 1. The molecule has 0 fully saturated rings. The van der Waals surface area contributed by atoms with Gasteiger partial charge in [0.15, 0.2) is 9.84 Å². The summed E-state index contributed by atoms with van der Waals surface area (Å²) >= 11 is 0. The van der Waals surface area contributed by atoms with Crippen LogP contribution in [0.5, 0.6) is 0 Å². The van der Waals surface area contributed by atoms with Gasteiger partial charge in [0.05, 0.1) is 16.8 Å². The molecule has 1 aliphatic heterocycles. The van der Waals surface area contributed by atoms with E-state index in [9.17, 15) is 8.42 Å². The number of hydrogen-bond acceptors (Lipinski definition) is 4. The molecule has 6 heteroatoms. The normalized spacial score (nSPS) is 20.6. The Labute approximate surface area is 118 Å². The first-order valence-corrected chi connectivity index (χ1v) is 8.24. The van der Waals surface area contributed by atoms with Gasteiger partial charge in [-0.3, -0.25) is 4.68 Å². The van der Waals surface area contributed by atoms with Gasteiger partial charge in [-0.1, -0.05) is 18.2 Å². The van der Waals surface area contributed by atoms with Crippen molar-refractivity contribution >= 4 is 9.84 Å². The molecule has 1 aromatic carbocycles. The highest BCUT2D eigenvalue weighted by Crippen LogP contribution is 2.31. The summed E-state index contributed by atoms with van der Waals surface area (Å²) in [5.74, 6) is 0.203. The van der Waals surface area contributed by atoms with Gasteiger partial charge in [-0.15, -0.1) is 0 Å². The number of rotatable bonds is 3. The van der Waals surface area contributed by atoms with E-state index in [1.165, 1.54) is 0 Å². The van der Waals surface area contributed by atoms with Crippen LogP contribution in [-0.2, 0) is 23.4 Å². The van der Waals surface area contributed by atoms with Crippen LogP contribution in [-0.4, -0.2) is 24.0 Å². The number of benzene rings is 1. The largest absolute Gasteiger partial charge is 0.306 e. The van der Waals surface area contributed by atoms with E-state index in [0.717, 1.165) is 11.1 Å². The zero-order valence-corrected chi connectivity index (χ0v) is 12.1. The molecule has 5 nitrogen and oxygen atoms in total. The molecule has 20 heavy (non-hydrogen) atoms. The van der Waals surface area contributed by atoms with Crippen molar-refractivity contribution in [2.45, 2.75) is 23.9 Å². The maximum Gasteiger partial charge on any atom is 0.178 e. The van der Waals surface area contributed by atoms with Crippen LogP contribution in [0.15, 0.2) is 41.6 Å². The van der Waals surface area contributed by atoms with Crippen molar-refractivity contribution in [2.75, 3.05) is 5.75 Å². The molecular formula is C14H17N3O2S. The lowest BCUT2D eigenvalue weighted by Gasteiger charge is -2.26. The first-order valence-electron chi connectivity index (χ1n) is 6.59. The van der Waals surface area contributed by atoms with Crippen LogP contribution in [0.3, 0.4) is 0 Å². The smallest absolute Gasteiger partial charge is 0.178 e. The van der Waals surface area contributed by atoms with Crippen LogP contribution in [0.2, 0.25) is 0 Å². The average molecular weight is 291 g/mol. The Balaban J connectivity index is 1.82. The standard InChI is InChI=1S/C14H17N3O2S/c1-17-10-11(9-16-17)8-15-13-6-7-20(18,19)14-5-3-2-4-12(13)14/h2-5,9-10,13,15H,6-8H2,1H3. The Morgan fingerprint density at radius 2 is 2.20 bits per heavy atom. The molecule has 0 amide bonds. The first-order chi connectivity index (χ1) is 9.56. The zero-order valence-electron chi connectivity index (χ0n) is 11.3. The number of aryl methyl sites for hydroxylation is 1. The third kappa shape index (κ3) is 2.48. The predicted molar refractivity (Wildman–Crippen MR) is 75.9 cm³/mol. The van der Waals surface area contributed by atoms with E-state index in [1.807, 2.05) is 31.6 Å². The summed E-state index contributed by atoms with van der Waals surface area (Å²) in [5.41, 5.74) is 1.97. The molecule has 0 radical (unpaired) electrons. The summed E-state index contributed by atoms with van der Waals surface area (Å²) < 4.78 is 25.9. The van der Waals surface area contributed by atoms with Gasteiger partial charge in [0, 0.05) is 31.4 Å². The van der Waals surface area contributed by atoms with Gasteiger partial charge in [-0.05, 0) is 18.1 Å². The van der Waals surface area contributed by atoms with E-state index in [1.54, 1.807) is 16.8 Å². The van der Waals surface area contributed by atoms with Gasteiger partial charge in [0.25, 0.3) is 0 Å². The number of nitrogens with one attached hydrogen (secondary N) is 1. The summed E-state index contributed by atoms with van der Waals surface area (Å²) in [7, 11) is -1.23. The fourth-order valence-electron chi connectivity index (χ4n) is 2.61. The van der Waals surface area contributed by atoms with E-state index >= 15 is 0 Å². The molecule has 3 rings (SSSR count). The van der Waals surface area contributed by atoms with Crippen LogP contribution in [0.4, 0.5) is 0 Å². The van der Waals surface area contributed by atoms with Gasteiger partial charge in [-0.25, -0.2) is 8.42 Å². The van der Waals surface area contributed by atoms with Crippen molar-refractivity contribution in [3.63, 3.8) is 0 Å². The highest BCUT2D eigenvalue weighted by Gasteiger charge is 2.29. The lowest BCUT2D eigenvalue weighted by Crippen LogP contribution is -2.29.